The molecular formula is C44H33FN9Na5O18S6. The standard InChI is InChI=1S/C43H34FN9O18S6.CH4.5Na/c44-41-46-42(48-43(47-41)53(26-6-2-1-3-7-26)18-20-74(56,57)21-19-67-73-71-69-55)45-36-17-16-34(30-9-5-11-38(40(30)36)76(61,62)63)52-51-33-14-15-35(31-24-27(72-70-68-54)12-13-28(31)33)50-49-25-22-32-29(39(23-25)77(64,65)66)8-4-10-37(32)75(58,59)60;;;;;;/h1-17,22-24,54-55H,18-21H2,(H,58,59,60)(H,61,62,63)(H,64,65,66)(H,45,46,47,48);1H4;;;;;/q;;5*+1/p-5. The predicted octanol–water partition coefficient (Wildman–Crippen LogP) is -8.00. The van der Waals surface area contributed by atoms with Crippen LogP contribution in [0.1, 0.15) is 7.43 Å². The van der Waals surface area contributed by atoms with Crippen LogP contribution in [-0.4, -0.2) is 86.9 Å². The molecular weight excluding hydrogens is 1270 g/mol. The van der Waals surface area contributed by atoms with Crippen LogP contribution in [0.5, 0.6) is 0 Å². The third-order valence-electron chi connectivity index (χ3n) is 10.7. The summed E-state index contributed by atoms with van der Waals surface area (Å²) in [6.45, 7) is -0.725. The Hall–Kier alpha value is -1.84. The first-order chi connectivity index (χ1) is 36.6. The van der Waals surface area contributed by atoms with E-state index < -0.39 is 90.4 Å². The number of azo groups is 2. The van der Waals surface area contributed by atoms with Gasteiger partial charge in [0.25, 0.3) is 0 Å². The molecule has 0 spiro atoms. The average molecular weight is 1300 g/mol. The molecule has 1 heterocycles. The zero-order valence-corrected chi connectivity index (χ0v) is 58.0. The van der Waals surface area contributed by atoms with Crippen molar-refractivity contribution >= 4 is 143 Å². The molecule has 0 aliphatic carbocycles. The van der Waals surface area contributed by atoms with Crippen molar-refractivity contribution in [3.63, 3.8) is 0 Å². The maximum Gasteiger partial charge on any atom is 1.00 e. The number of rotatable bonds is 23. The second-order valence-electron chi connectivity index (χ2n) is 15.4. The molecule has 410 valence electrons. The Morgan fingerprint density at radius 2 is 1.16 bits per heavy atom. The van der Waals surface area contributed by atoms with Crippen molar-refractivity contribution in [3.05, 3.63) is 127 Å². The van der Waals surface area contributed by atoms with Crippen LogP contribution in [0.25, 0.3) is 32.3 Å². The number of benzene rings is 7. The number of hydrogen-bond acceptors (Lipinski definition) is 29. The van der Waals surface area contributed by atoms with Crippen LogP contribution < -0.4 is 169 Å². The van der Waals surface area contributed by atoms with Gasteiger partial charge in [0, 0.05) is 49.4 Å². The molecule has 8 aromatic rings. The summed E-state index contributed by atoms with van der Waals surface area (Å²) in [6.07, 6.45) is -1.35. The van der Waals surface area contributed by atoms with E-state index >= 15 is 4.39 Å². The summed E-state index contributed by atoms with van der Waals surface area (Å²) in [6, 6.07) is 26.6. The Bertz CT molecular complexity index is 4110. The van der Waals surface area contributed by atoms with E-state index in [1.54, 1.807) is 30.3 Å². The molecule has 8 rings (SSSR count). The Morgan fingerprint density at radius 1 is 0.566 bits per heavy atom. The fourth-order valence-electron chi connectivity index (χ4n) is 7.49. The molecule has 0 unspecified atom stereocenters. The van der Waals surface area contributed by atoms with Gasteiger partial charge in [0.2, 0.25) is 11.9 Å². The van der Waals surface area contributed by atoms with E-state index in [1.165, 1.54) is 59.5 Å². The molecule has 39 heteroatoms. The first-order valence-corrected chi connectivity index (χ1v) is 28.6. The molecule has 0 amide bonds. The minimum absolute atomic E-state index is 0. The maximum absolute atomic E-state index is 15.4. The summed E-state index contributed by atoms with van der Waals surface area (Å²) >= 11 is 0.622. The number of anilines is 4. The first kappa shape index (κ1) is 77.3. The fraction of sp³-hybridized carbons (Fsp3) is 0.114. The summed E-state index contributed by atoms with van der Waals surface area (Å²) in [4.78, 5) is 10.9. The van der Waals surface area contributed by atoms with Crippen molar-refractivity contribution in [1.29, 1.82) is 0 Å². The molecule has 0 saturated carbocycles. The SMILES string of the molecule is C.O=S(=O)(CCOSOO[O-])CCN(c1ccccc1)c1nc(F)nc(Nc2ccc(N=Nc3ccc(N=Nc4cc(S(=O)(=O)[O-])c5cccc(S(=O)(=O)[O-])c5c4)c4cc(SOO[O-])ccc34)c3cccc(S(=O)(=O)[O-])c23)n1.[Na+].[Na+].[Na+].[Na+].[Na+]. The minimum Gasteiger partial charge on any atom is -0.744 e. The van der Waals surface area contributed by atoms with Crippen LogP contribution >= 0.6 is 24.4 Å². The summed E-state index contributed by atoms with van der Waals surface area (Å²) in [5.74, 6) is -1.96. The van der Waals surface area contributed by atoms with Gasteiger partial charge in [-0.15, -0.1) is 19.7 Å². The predicted molar refractivity (Wildman–Crippen MR) is 270 cm³/mol. The zero-order valence-electron chi connectivity index (χ0n) is 43.1. The largest absolute Gasteiger partial charge is 1.00 e. The fourth-order valence-corrected chi connectivity index (χ4v) is 11.3. The van der Waals surface area contributed by atoms with Crippen LogP contribution in [0.4, 0.5) is 50.4 Å². The zero-order chi connectivity index (χ0) is 55.1. The first-order valence-electron chi connectivity index (χ1n) is 21.1. The Kier molecular flexibility index (Phi) is 31.8. The van der Waals surface area contributed by atoms with Gasteiger partial charge < -0.3 is 34.4 Å². The van der Waals surface area contributed by atoms with Crippen molar-refractivity contribution < 1.29 is 233 Å². The van der Waals surface area contributed by atoms with E-state index in [-0.39, 0.29) is 240 Å². The van der Waals surface area contributed by atoms with Crippen LogP contribution in [0.15, 0.2) is 161 Å². The van der Waals surface area contributed by atoms with Gasteiger partial charge in [-0.2, -0.15) is 28.8 Å². The number of nitrogens with zero attached hydrogens (tertiary/aromatic N) is 8. The minimum atomic E-state index is -5.27. The average Bonchev–Trinajstić information content (AvgIpc) is 3.34. The molecule has 0 aliphatic rings. The summed E-state index contributed by atoms with van der Waals surface area (Å²) in [7, 11) is -19.6. The third-order valence-corrected chi connectivity index (χ3v) is 15.9. The van der Waals surface area contributed by atoms with Crippen LogP contribution in [0.2, 0.25) is 0 Å². The van der Waals surface area contributed by atoms with Crippen LogP contribution in [0, 0.1) is 6.08 Å². The van der Waals surface area contributed by atoms with Crippen molar-refractivity contribution in [2.45, 2.75) is 27.0 Å². The monoisotopic (exact) mass is 1300 g/mol. The number of nitrogens with one attached hydrogen (secondary N) is 1. The van der Waals surface area contributed by atoms with Gasteiger partial charge in [0.05, 0.1) is 73.3 Å². The molecule has 0 fully saturated rings. The molecule has 27 nitrogen and oxygen atoms in total. The molecule has 83 heavy (non-hydrogen) atoms. The normalized spacial score (nSPS) is 11.7. The van der Waals surface area contributed by atoms with Crippen LogP contribution in [-0.2, 0) is 63.1 Å². The molecule has 0 aliphatic heterocycles. The molecule has 0 atom stereocenters. The number of aromatic nitrogens is 3. The number of fused-ring (bicyclic) bond motifs is 3. The summed E-state index contributed by atoms with van der Waals surface area (Å²) in [5.41, 5.74) is -0.0353. The smallest absolute Gasteiger partial charge is 0.744 e. The van der Waals surface area contributed by atoms with E-state index in [4.69, 9.17) is 4.18 Å². The van der Waals surface area contributed by atoms with Crippen molar-refractivity contribution in [3.8, 4) is 0 Å². The molecule has 0 bridgehead atoms. The van der Waals surface area contributed by atoms with Gasteiger partial charge in [-0.05, 0) is 72.8 Å². The molecule has 1 aromatic heterocycles. The second kappa shape index (κ2) is 34.2. The molecule has 0 radical (unpaired) electrons. The molecule has 7 aromatic carbocycles. The van der Waals surface area contributed by atoms with Crippen molar-refractivity contribution in [2.75, 3.05) is 34.9 Å². The van der Waals surface area contributed by atoms with Gasteiger partial charge in [-0.1, -0.05) is 56.0 Å². The number of halogens is 1. The van der Waals surface area contributed by atoms with Gasteiger partial charge in [0.15, 0.2) is 22.2 Å². The van der Waals surface area contributed by atoms with Gasteiger partial charge in [0.1, 0.15) is 30.4 Å². The quantitative estimate of drug-likeness (QED) is 0.0118. The van der Waals surface area contributed by atoms with Crippen LogP contribution in [0.3, 0.4) is 0 Å². The van der Waals surface area contributed by atoms with Crippen molar-refractivity contribution in [1.82, 2.24) is 15.0 Å². The number of para-hydroxylation sites is 1. The summed E-state index contributed by atoms with van der Waals surface area (Å²) < 4.78 is 166. The van der Waals surface area contributed by atoms with Gasteiger partial charge in [-0.3, -0.25) is 14.3 Å². The van der Waals surface area contributed by atoms with Crippen molar-refractivity contribution in [2.24, 2.45) is 20.5 Å². The topological polar surface area (TPSA) is 401 Å². The van der Waals surface area contributed by atoms with Gasteiger partial charge >= 0.3 is 154 Å². The third kappa shape index (κ3) is 20.3. The van der Waals surface area contributed by atoms with E-state index in [1.807, 2.05) is 0 Å². The molecule has 0 saturated heterocycles. The van der Waals surface area contributed by atoms with E-state index in [9.17, 15) is 57.8 Å². The Balaban J connectivity index is 0.00000392. The van der Waals surface area contributed by atoms with E-state index in [2.05, 4.69) is 59.5 Å². The maximum atomic E-state index is 15.4. The van der Waals surface area contributed by atoms with Gasteiger partial charge in [-0.25, -0.2) is 33.7 Å². The number of sulfone groups is 1. The van der Waals surface area contributed by atoms with E-state index in [0.29, 0.717) is 17.7 Å². The second-order valence-corrected chi connectivity index (χ2v) is 23.0. The summed E-state index contributed by atoms with van der Waals surface area (Å²) in [5, 5.41) is 46.5. The molecule has 1 N–H and O–H groups in total. The Labute approximate surface area is 592 Å². The number of hydrogen-bond donors (Lipinski definition) is 1. The van der Waals surface area contributed by atoms with E-state index in [0.717, 1.165) is 36.4 Å². The Morgan fingerprint density at radius 3 is 1.80 bits per heavy atom.